The lowest BCUT2D eigenvalue weighted by atomic mass is 10.0. The summed E-state index contributed by atoms with van der Waals surface area (Å²) in [6.45, 7) is 3.25. The summed E-state index contributed by atoms with van der Waals surface area (Å²) in [4.78, 5) is 20.6. The lowest BCUT2D eigenvalue weighted by Crippen LogP contribution is -2.51. The van der Waals surface area contributed by atoms with Crippen LogP contribution in [0.3, 0.4) is 0 Å². The third kappa shape index (κ3) is 3.13. The molecule has 2 aromatic rings. The van der Waals surface area contributed by atoms with E-state index in [2.05, 4.69) is 19.7 Å². The first kappa shape index (κ1) is 20.8. The van der Waals surface area contributed by atoms with E-state index in [0.29, 0.717) is 19.0 Å². The van der Waals surface area contributed by atoms with Gasteiger partial charge in [0.25, 0.3) is 0 Å². The average molecular weight is 484 g/mol. The highest BCUT2D eigenvalue weighted by Crippen LogP contribution is 2.58. The van der Waals surface area contributed by atoms with E-state index in [-0.39, 0.29) is 16.4 Å². The van der Waals surface area contributed by atoms with Crippen molar-refractivity contribution in [3.05, 3.63) is 28.7 Å². The van der Waals surface area contributed by atoms with Gasteiger partial charge in [-0.1, -0.05) is 0 Å². The highest BCUT2D eigenvalue weighted by atomic mass is 32.2. The van der Waals surface area contributed by atoms with E-state index in [4.69, 9.17) is 14.9 Å². The third-order valence-corrected chi connectivity index (χ3v) is 9.61. The van der Waals surface area contributed by atoms with Crippen molar-refractivity contribution in [1.82, 2.24) is 19.7 Å². The van der Waals surface area contributed by atoms with Gasteiger partial charge in [0.05, 0.1) is 30.2 Å². The Bertz CT molecular complexity index is 1330. The van der Waals surface area contributed by atoms with Gasteiger partial charge in [0.1, 0.15) is 11.5 Å². The molecule has 11 heteroatoms. The molecule has 2 amide bonds. The zero-order valence-corrected chi connectivity index (χ0v) is 19.9. The van der Waals surface area contributed by atoms with Crippen molar-refractivity contribution >= 4 is 21.6 Å². The van der Waals surface area contributed by atoms with Crippen molar-refractivity contribution in [1.29, 1.82) is 0 Å². The molecule has 1 saturated heterocycles. The summed E-state index contributed by atoms with van der Waals surface area (Å²) in [5, 5.41) is 13.4. The summed E-state index contributed by atoms with van der Waals surface area (Å²) < 4.78 is 24.9. The van der Waals surface area contributed by atoms with Gasteiger partial charge in [0.2, 0.25) is 5.88 Å². The van der Waals surface area contributed by atoms with Crippen molar-refractivity contribution in [2.75, 3.05) is 25.0 Å². The number of nitrogens with two attached hydrogens (primary N) is 1. The van der Waals surface area contributed by atoms with E-state index in [0.717, 1.165) is 73.4 Å². The molecule has 2 fully saturated rings. The molecule has 3 N–H and O–H groups in total. The molecular weight excluding hydrogens is 454 g/mol. The molecule has 0 aromatic carbocycles. The van der Waals surface area contributed by atoms with Crippen molar-refractivity contribution in [3.63, 3.8) is 0 Å². The van der Waals surface area contributed by atoms with Crippen molar-refractivity contribution in [2.24, 2.45) is 9.50 Å². The van der Waals surface area contributed by atoms with Gasteiger partial charge in [0, 0.05) is 11.1 Å². The summed E-state index contributed by atoms with van der Waals surface area (Å²) in [6, 6.07) is -0.449. The van der Waals surface area contributed by atoms with E-state index in [1.807, 2.05) is 0 Å². The van der Waals surface area contributed by atoms with Crippen LogP contribution < -0.4 is 15.2 Å². The predicted molar refractivity (Wildman–Crippen MR) is 125 cm³/mol. The Morgan fingerprint density at radius 2 is 2.06 bits per heavy atom. The van der Waals surface area contributed by atoms with Gasteiger partial charge in [-0.05, 0) is 75.6 Å². The van der Waals surface area contributed by atoms with Crippen molar-refractivity contribution in [3.8, 4) is 5.88 Å². The minimum Gasteiger partial charge on any atom is -0.475 e. The standard InChI is InChI=1S/C23H29N7O3S/c24-34(32,18-11-25-30-12-14(13-33-21(18)30)29-9-2-10-29)28-22(31)27-19-15-3-1-4-17(15)26-20-16(19)5-6-23(20)7-8-23/h11,14H,1-10,12-13H2,(H3,24,26,27,28,31,32). The minimum absolute atomic E-state index is 0.173. The molecular formula is C23H29N7O3S. The number of urea groups is 1. The maximum Gasteiger partial charge on any atom is 0.354 e. The summed E-state index contributed by atoms with van der Waals surface area (Å²) in [5.41, 5.74) is 5.53. The number of rotatable bonds is 3. The number of nitrogens with zero attached hydrogens (tertiary/aromatic N) is 5. The van der Waals surface area contributed by atoms with Gasteiger partial charge in [-0.15, -0.1) is 4.36 Å². The molecule has 1 spiro atoms. The van der Waals surface area contributed by atoms with E-state index in [9.17, 15) is 9.00 Å². The number of ether oxygens (including phenoxy) is 1. The summed E-state index contributed by atoms with van der Waals surface area (Å²) in [5.74, 6) is 0.349. The zero-order chi connectivity index (χ0) is 23.1. The SMILES string of the molecule is NS(=O)(=NC(=O)Nc1c2c(nc3c1CCC31CC1)CCC2)c1cnn2c1OCC(N1CCC1)C2. The Morgan fingerprint density at radius 3 is 2.82 bits per heavy atom. The van der Waals surface area contributed by atoms with E-state index in [1.54, 1.807) is 4.68 Å². The first-order valence-corrected chi connectivity index (χ1v) is 13.9. The van der Waals surface area contributed by atoms with Crippen LogP contribution in [0.1, 0.15) is 54.6 Å². The maximum atomic E-state index is 13.4. The molecule has 10 nitrogen and oxygen atoms in total. The smallest absolute Gasteiger partial charge is 0.354 e. The number of hydrogen-bond donors (Lipinski definition) is 2. The number of carbonyl (C=O) groups is 1. The van der Waals surface area contributed by atoms with Gasteiger partial charge in [-0.2, -0.15) is 5.10 Å². The van der Waals surface area contributed by atoms with Gasteiger partial charge in [-0.25, -0.2) is 18.8 Å². The molecule has 180 valence electrons. The largest absolute Gasteiger partial charge is 0.475 e. The monoisotopic (exact) mass is 483 g/mol. The van der Waals surface area contributed by atoms with Crippen LogP contribution in [0.15, 0.2) is 15.5 Å². The highest BCUT2D eigenvalue weighted by Gasteiger charge is 2.51. The van der Waals surface area contributed by atoms with Crippen LogP contribution in [0, 0.1) is 0 Å². The fraction of sp³-hybridized carbons (Fsp3) is 0.609. The lowest BCUT2D eigenvalue weighted by Gasteiger charge is -2.40. The Hall–Kier alpha value is -2.50. The summed E-state index contributed by atoms with van der Waals surface area (Å²) >= 11 is 0. The van der Waals surface area contributed by atoms with Crippen LogP contribution >= 0.6 is 0 Å². The lowest BCUT2D eigenvalue weighted by molar-refractivity contribution is 0.0417. The molecule has 7 rings (SSSR count). The zero-order valence-electron chi connectivity index (χ0n) is 19.1. The number of pyridine rings is 1. The molecule has 4 heterocycles. The van der Waals surface area contributed by atoms with Gasteiger partial charge in [-0.3, -0.25) is 9.88 Å². The van der Waals surface area contributed by atoms with E-state index in [1.165, 1.54) is 25.5 Å². The van der Waals surface area contributed by atoms with Crippen LogP contribution in [0.4, 0.5) is 10.5 Å². The number of aromatic nitrogens is 3. The van der Waals surface area contributed by atoms with E-state index < -0.39 is 15.9 Å². The Labute approximate surface area is 198 Å². The number of fused-ring (bicyclic) bond motifs is 4. The number of likely N-dealkylation sites (tertiary alicyclic amines) is 1. The van der Waals surface area contributed by atoms with Crippen LogP contribution in [0.25, 0.3) is 0 Å². The molecule has 1 saturated carbocycles. The first-order chi connectivity index (χ1) is 16.4. The molecule has 34 heavy (non-hydrogen) atoms. The average Bonchev–Trinajstić information content (AvgIpc) is 3.09. The van der Waals surface area contributed by atoms with Crippen LogP contribution in [0.5, 0.6) is 5.88 Å². The second-order valence-corrected chi connectivity index (χ2v) is 12.1. The molecule has 2 aromatic heterocycles. The second-order valence-electron chi connectivity index (χ2n) is 10.3. The van der Waals surface area contributed by atoms with Crippen molar-refractivity contribution in [2.45, 2.75) is 74.3 Å². The normalized spacial score (nSPS) is 25.5. The first-order valence-electron chi connectivity index (χ1n) is 12.3. The van der Waals surface area contributed by atoms with Gasteiger partial charge >= 0.3 is 6.03 Å². The van der Waals surface area contributed by atoms with Gasteiger partial charge in [0.15, 0.2) is 9.92 Å². The molecule has 3 aliphatic carbocycles. The molecule has 2 unspecified atom stereocenters. The molecule has 0 radical (unpaired) electrons. The fourth-order valence-corrected chi connectivity index (χ4v) is 7.07. The summed E-state index contributed by atoms with van der Waals surface area (Å²) in [7, 11) is -3.52. The second kappa shape index (κ2) is 7.25. The predicted octanol–water partition coefficient (Wildman–Crippen LogP) is 2.14. The number of aryl methyl sites for hydroxylation is 1. The number of amides is 2. The number of nitrogens with one attached hydrogen (secondary N) is 1. The highest BCUT2D eigenvalue weighted by molar-refractivity contribution is 7.91. The van der Waals surface area contributed by atoms with E-state index >= 15 is 0 Å². The third-order valence-electron chi connectivity index (χ3n) is 8.26. The van der Waals surface area contributed by atoms with Crippen LogP contribution in [0.2, 0.25) is 0 Å². The maximum absolute atomic E-state index is 13.4. The van der Waals surface area contributed by atoms with Crippen LogP contribution in [-0.4, -0.2) is 55.6 Å². The molecule has 0 bridgehead atoms. The summed E-state index contributed by atoms with van der Waals surface area (Å²) in [6.07, 6.45) is 9.82. The quantitative estimate of drug-likeness (QED) is 0.689. The van der Waals surface area contributed by atoms with Crippen LogP contribution in [-0.2, 0) is 41.1 Å². The Morgan fingerprint density at radius 1 is 1.21 bits per heavy atom. The number of carbonyl (C=O) groups excluding carboxylic acids is 1. The fourth-order valence-electron chi connectivity index (χ4n) is 6.07. The molecule has 5 aliphatic rings. The molecule has 2 aliphatic heterocycles. The molecule has 2 atom stereocenters. The Balaban J connectivity index is 1.18. The topological polar surface area (TPSA) is 128 Å². The number of anilines is 1. The van der Waals surface area contributed by atoms with Gasteiger partial charge < -0.3 is 10.1 Å². The number of hydrogen-bond acceptors (Lipinski definition) is 6. The minimum atomic E-state index is -3.52. The van der Waals surface area contributed by atoms with Crippen molar-refractivity contribution < 1.29 is 13.7 Å². The Kier molecular flexibility index (Phi) is 4.44.